The summed E-state index contributed by atoms with van der Waals surface area (Å²) in [5.74, 6) is -0.0260. The molecule has 0 aromatic rings. The van der Waals surface area contributed by atoms with Gasteiger partial charge in [0.2, 0.25) is 0 Å². The summed E-state index contributed by atoms with van der Waals surface area (Å²) in [6.07, 6.45) is 2.99. The molecule has 0 bridgehead atoms. The van der Waals surface area contributed by atoms with Gasteiger partial charge in [0.05, 0.1) is 4.91 Å². The molecule has 0 fully saturated rings. The molecule has 0 aliphatic heterocycles. The zero-order valence-electron chi connectivity index (χ0n) is 7.61. The van der Waals surface area contributed by atoms with E-state index in [4.69, 9.17) is 4.55 Å². The van der Waals surface area contributed by atoms with Gasteiger partial charge in [-0.2, -0.15) is 8.42 Å². The topological polar surface area (TPSA) is 54.4 Å². The molecule has 1 atom stereocenters. The maximum absolute atomic E-state index is 10.9. The molecule has 1 unspecified atom stereocenters. The van der Waals surface area contributed by atoms with Gasteiger partial charge in [-0.25, -0.2) is 0 Å². The maximum Gasteiger partial charge on any atom is 0.294 e. The maximum atomic E-state index is 10.9. The predicted molar refractivity (Wildman–Crippen MR) is 51.7 cm³/mol. The Morgan fingerprint density at radius 1 is 1.46 bits per heavy atom. The van der Waals surface area contributed by atoms with Gasteiger partial charge in [-0.1, -0.05) is 19.6 Å². The van der Waals surface area contributed by atoms with Crippen LogP contribution in [0.1, 0.15) is 13.8 Å². The molecule has 3 nitrogen and oxygen atoms in total. The highest BCUT2D eigenvalue weighted by molar-refractivity contribution is 7.90. The molecular weight excluding hydrogens is 188 g/mol. The lowest BCUT2D eigenvalue weighted by Crippen LogP contribution is -2.11. The van der Waals surface area contributed by atoms with Crippen LogP contribution in [0.15, 0.2) is 34.8 Å². The predicted octanol–water partition coefficient (Wildman–Crippen LogP) is 1.91. The summed E-state index contributed by atoms with van der Waals surface area (Å²) in [6.45, 7) is 7.30. The van der Waals surface area contributed by atoms with Crippen molar-refractivity contribution < 1.29 is 13.0 Å². The van der Waals surface area contributed by atoms with Gasteiger partial charge in [-0.3, -0.25) is 4.55 Å². The molecule has 13 heavy (non-hydrogen) atoms. The van der Waals surface area contributed by atoms with Crippen LogP contribution < -0.4 is 0 Å². The van der Waals surface area contributed by atoms with Crippen molar-refractivity contribution in [2.24, 2.45) is 5.92 Å². The Morgan fingerprint density at radius 3 is 2.46 bits per heavy atom. The first-order valence-corrected chi connectivity index (χ1v) is 5.33. The van der Waals surface area contributed by atoms with E-state index in [1.54, 1.807) is 13.0 Å². The first kappa shape index (κ1) is 10.2. The summed E-state index contributed by atoms with van der Waals surface area (Å²) in [4.78, 5) is -0.00704. The molecule has 4 heteroatoms. The highest BCUT2D eigenvalue weighted by Gasteiger charge is 2.22. The quantitative estimate of drug-likeness (QED) is 0.658. The summed E-state index contributed by atoms with van der Waals surface area (Å²) < 4.78 is 30.6. The summed E-state index contributed by atoms with van der Waals surface area (Å²) in [6, 6.07) is 0. The van der Waals surface area contributed by atoms with E-state index in [2.05, 4.69) is 6.58 Å². The van der Waals surface area contributed by atoms with Crippen molar-refractivity contribution >= 4 is 10.1 Å². The summed E-state index contributed by atoms with van der Waals surface area (Å²) in [7, 11) is -4.08. The van der Waals surface area contributed by atoms with Gasteiger partial charge in [-0.15, -0.1) is 0 Å². The Bertz CT molecular complexity index is 399. The van der Waals surface area contributed by atoms with Crippen LogP contribution in [0.3, 0.4) is 0 Å². The molecule has 0 amide bonds. The van der Waals surface area contributed by atoms with Crippen molar-refractivity contribution in [3.63, 3.8) is 0 Å². The van der Waals surface area contributed by atoms with E-state index in [0.717, 1.165) is 5.57 Å². The molecule has 0 radical (unpaired) electrons. The fourth-order valence-electron chi connectivity index (χ4n) is 1.24. The van der Waals surface area contributed by atoms with Crippen molar-refractivity contribution in [3.8, 4) is 0 Å². The van der Waals surface area contributed by atoms with Gasteiger partial charge in [0, 0.05) is 5.92 Å². The zero-order chi connectivity index (χ0) is 10.2. The molecule has 0 aromatic carbocycles. The van der Waals surface area contributed by atoms with Crippen molar-refractivity contribution in [1.29, 1.82) is 0 Å². The Balaban J connectivity index is 3.29. The minimum absolute atomic E-state index is 0.00704. The van der Waals surface area contributed by atoms with E-state index in [0.29, 0.717) is 5.57 Å². The van der Waals surface area contributed by atoms with Crippen LogP contribution in [0.4, 0.5) is 0 Å². The van der Waals surface area contributed by atoms with E-state index in [-0.39, 0.29) is 10.8 Å². The Kier molecular flexibility index (Phi) is 2.45. The molecule has 0 saturated heterocycles. The van der Waals surface area contributed by atoms with Crippen LogP contribution in [-0.4, -0.2) is 13.0 Å². The highest BCUT2D eigenvalue weighted by Crippen LogP contribution is 2.29. The van der Waals surface area contributed by atoms with Gasteiger partial charge < -0.3 is 0 Å². The van der Waals surface area contributed by atoms with E-state index in [1.807, 2.05) is 6.92 Å². The van der Waals surface area contributed by atoms with Crippen molar-refractivity contribution in [2.45, 2.75) is 13.8 Å². The summed E-state index contributed by atoms with van der Waals surface area (Å²) in [5, 5.41) is 0. The molecule has 0 heterocycles. The lowest BCUT2D eigenvalue weighted by atomic mass is 9.91. The van der Waals surface area contributed by atoms with E-state index < -0.39 is 10.1 Å². The molecule has 72 valence electrons. The minimum Gasteiger partial charge on any atom is -0.282 e. The number of allylic oxidation sites excluding steroid dienone is 4. The fourth-order valence-corrected chi connectivity index (χ4v) is 2.06. The highest BCUT2D eigenvalue weighted by atomic mass is 32.2. The van der Waals surface area contributed by atoms with Gasteiger partial charge >= 0.3 is 0 Å². The third-order valence-electron chi connectivity index (χ3n) is 2.32. The van der Waals surface area contributed by atoms with Gasteiger partial charge in [0.25, 0.3) is 10.1 Å². The summed E-state index contributed by atoms with van der Waals surface area (Å²) >= 11 is 0. The van der Waals surface area contributed by atoms with E-state index in [9.17, 15) is 8.42 Å². The lowest BCUT2D eigenvalue weighted by molar-refractivity contribution is 0.491. The number of rotatable bonds is 1. The van der Waals surface area contributed by atoms with Crippen molar-refractivity contribution in [3.05, 3.63) is 34.8 Å². The Hall–Kier alpha value is -0.870. The minimum atomic E-state index is -4.08. The van der Waals surface area contributed by atoms with Gasteiger partial charge in [0.1, 0.15) is 0 Å². The second-order valence-corrected chi connectivity index (χ2v) is 4.54. The number of hydrogen-bond acceptors (Lipinski definition) is 2. The molecule has 1 aliphatic rings. The summed E-state index contributed by atoms with van der Waals surface area (Å²) in [5.41, 5.74) is 1.49. The first-order valence-electron chi connectivity index (χ1n) is 3.89. The van der Waals surface area contributed by atoms with Crippen molar-refractivity contribution in [1.82, 2.24) is 0 Å². The molecule has 0 saturated carbocycles. The largest absolute Gasteiger partial charge is 0.294 e. The van der Waals surface area contributed by atoms with Crippen molar-refractivity contribution in [2.75, 3.05) is 0 Å². The third kappa shape index (κ3) is 1.89. The standard InChI is InChI=1S/C9H12O3S/c1-6-4-5-9(13(10,11)12)8(3)7(6)2/h4-5,7H,1H2,2-3H3,(H,10,11,12). The molecule has 1 aliphatic carbocycles. The Morgan fingerprint density at radius 2 is 2.00 bits per heavy atom. The van der Waals surface area contributed by atoms with E-state index in [1.165, 1.54) is 6.08 Å². The molecule has 1 rings (SSSR count). The lowest BCUT2D eigenvalue weighted by Gasteiger charge is -2.19. The second-order valence-electron chi connectivity index (χ2n) is 3.15. The average molecular weight is 200 g/mol. The zero-order valence-corrected chi connectivity index (χ0v) is 8.43. The SMILES string of the molecule is C=C1C=CC(S(=O)(=O)O)=C(C)C1C. The fraction of sp³-hybridized carbons (Fsp3) is 0.333. The van der Waals surface area contributed by atoms with Crippen LogP contribution in [0, 0.1) is 5.92 Å². The monoisotopic (exact) mass is 200 g/mol. The van der Waals surface area contributed by atoms with Gasteiger partial charge in [-0.05, 0) is 24.1 Å². The Labute approximate surface area is 78.2 Å². The third-order valence-corrected chi connectivity index (χ3v) is 3.33. The average Bonchev–Trinajstić information content (AvgIpc) is 1.98. The van der Waals surface area contributed by atoms with Crippen LogP contribution in [0.25, 0.3) is 0 Å². The van der Waals surface area contributed by atoms with Crippen LogP contribution in [0.2, 0.25) is 0 Å². The smallest absolute Gasteiger partial charge is 0.282 e. The van der Waals surface area contributed by atoms with Crippen LogP contribution in [0.5, 0.6) is 0 Å². The molecular formula is C9H12O3S. The second kappa shape index (κ2) is 3.12. The van der Waals surface area contributed by atoms with Crippen LogP contribution >= 0.6 is 0 Å². The number of hydrogen-bond donors (Lipinski definition) is 1. The first-order chi connectivity index (χ1) is 5.84. The normalized spacial score (nSPS) is 23.9. The van der Waals surface area contributed by atoms with Crippen LogP contribution in [-0.2, 0) is 10.1 Å². The van der Waals surface area contributed by atoms with E-state index >= 15 is 0 Å². The molecule has 0 aromatic heterocycles. The molecule has 1 N–H and O–H groups in total. The molecule has 0 spiro atoms. The van der Waals surface area contributed by atoms with Gasteiger partial charge in [0.15, 0.2) is 0 Å².